The van der Waals surface area contributed by atoms with Crippen LogP contribution in [-0.4, -0.2) is 110 Å². The van der Waals surface area contributed by atoms with Gasteiger partial charge in [0.25, 0.3) is 0 Å². The number of likely N-dealkylation sites (tertiary alicyclic amines) is 1. The van der Waals surface area contributed by atoms with Crippen molar-refractivity contribution in [2.75, 3.05) is 65.9 Å². The van der Waals surface area contributed by atoms with Crippen LogP contribution in [0.3, 0.4) is 0 Å². The SMILES string of the molecule is CC(C)(C)OCCCC1CCCC1.CC(C)(C)OCCCC1CCCC1.CC(C)(C)OCCCC1CCCC1.CC(C)(C)OCCCC1CCCC1.CC(C)(C)OCCCC1CCCC1.CC(C)(C)OCCCC1CCCC1.CC(C)(C)OCCCN1CCCC1. The minimum absolute atomic E-state index is 0.0327. The van der Waals surface area contributed by atoms with Gasteiger partial charge in [0.2, 0.25) is 0 Å². The second-order valence-corrected chi connectivity index (χ2v) is 36.4. The van der Waals surface area contributed by atoms with Crippen molar-refractivity contribution >= 4 is 0 Å². The van der Waals surface area contributed by atoms with Crippen molar-refractivity contribution in [3.05, 3.63) is 0 Å². The van der Waals surface area contributed by atoms with Gasteiger partial charge in [-0.3, -0.25) is 0 Å². The Bertz CT molecular complexity index is 1240. The van der Waals surface area contributed by atoms with Gasteiger partial charge in [0.1, 0.15) is 0 Å². The number of hydrogen-bond donors (Lipinski definition) is 0. The third-order valence-corrected chi connectivity index (χ3v) is 19.0. The molecule has 0 radical (unpaired) electrons. The monoisotopic (exact) mass is 1290 g/mol. The smallest absolute Gasteiger partial charge is 0.0598 e. The molecule has 1 heterocycles. The molecule has 0 unspecified atom stereocenters. The summed E-state index contributed by atoms with van der Waals surface area (Å²) < 4.78 is 39.8. The topological polar surface area (TPSA) is 67.9 Å². The highest BCUT2D eigenvalue weighted by atomic mass is 16.5. The molecule has 0 aromatic heterocycles. The molecule has 6 aliphatic carbocycles. The zero-order valence-corrected chi connectivity index (χ0v) is 65.9. The van der Waals surface area contributed by atoms with Crippen LogP contribution in [0.15, 0.2) is 0 Å². The van der Waals surface area contributed by atoms with E-state index in [-0.39, 0.29) is 39.2 Å². The van der Waals surface area contributed by atoms with Crippen molar-refractivity contribution in [1.82, 2.24) is 4.90 Å². The molecule has 0 atom stereocenters. The lowest BCUT2D eigenvalue weighted by Crippen LogP contribution is -2.24. The molecule has 0 bridgehead atoms. The summed E-state index contributed by atoms with van der Waals surface area (Å²) in [5.41, 5.74) is 0.340. The van der Waals surface area contributed by atoms with Gasteiger partial charge in [-0.25, -0.2) is 0 Å². The van der Waals surface area contributed by atoms with Crippen molar-refractivity contribution in [3.63, 3.8) is 0 Å². The minimum atomic E-state index is 0.0327. The Morgan fingerprint density at radius 1 is 0.209 bits per heavy atom. The third-order valence-electron chi connectivity index (χ3n) is 19.0. The van der Waals surface area contributed by atoms with Crippen molar-refractivity contribution in [2.24, 2.45) is 35.5 Å². The number of ether oxygens (including phenoxy) is 7. The van der Waals surface area contributed by atoms with E-state index in [4.69, 9.17) is 33.2 Å². The van der Waals surface area contributed by atoms with Crippen LogP contribution in [0.2, 0.25) is 0 Å². The van der Waals surface area contributed by atoms with Gasteiger partial charge in [0, 0.05) is 52.8 Å². The van der Waals surface area contributed by atoms with E-state index in [2.05, 4.69) is 150 Å². The molecule has 0 amide bonds. The van der Waals surface area contributed by atoms with Gasteiger partial charge in [0.15, 0.2) is 0 Å². The predicted octanol–water partition coefficient (Wildman–Crippen LogP) is 24.9. The summed E-state index contributed by atoms with van der Waals surface area (Å²) in [5.74, 6) is 6.10. The Labute approximate surface area is 571 Å². The van der Waals surface area contributed by atoms with E-state index in [1.54, 1.807) is 0 Å². The lowest BCUT2D eigenvalue weighted by atomic mass is 10.0. The van der Waals surface area contributed by atoms with E-state index in [1.807, 2.05) is 0 Å². The van der Waals surface area contributed by atoms with Gasteiger partial charge in [-0.15, -0.1) is 0 Å². The van der Waals surface area contributed by atoms with Gasteiger partial charge in [-0.2, -0.15) is 0 Å². The first kappa shape index (κ1) is 88.7. The van der Waals surface area contributed by atoms with Gasteiger partial charge >= 0.3 is 0 Å². The molecule has 7 rings (SSSR count). The highest BCUT2D eigenvalue weighted by molar-refractivity contribution is 4.74. The summed E-state index contributed by atoms with van der Waals surface area (Å²) in [6.45, 7) is 55.0. The zero-order chi connectivity index (χ0) is 68.1. The summed E-state index contributed by atoms with van der Waals surface area (Å²) in [6, 6.07) is 0. The molecule has 7 fully saturated rings. The molecule has 546 valence electrons. The van der Waals surface area contributed by atoms with Crippen molar-refractivity contribution in [3.8, 4) is 0 Å². The van der Waals surface area contributed by atoms with E-state index < -0.39 is 0 Å². The molecule has 0 N–H and O–H groups in total. The van der Waals surface area contributed by atoms with Crippen LogP contribution in [0.1, 0.15) is 396 Å². The summed E-state index contributed by atoms with van der Waals surface area (Å²) in [7, 11) is 0. The summed E-state index contributed by atoms with van der Waals surface area (Å²) in [4.78, 5) is 2.53. The molecule has 0 spiro atoms. The Morgan fingerprint density at radius 2 is 0.352 bits per heavy atom. The molecule has 1 aliphatic heterocycles. The van der Waals surface area contributed by atoms with Gasteiger partial charge in [0.05, 0.1) is 39.2 Å². The van der Waals surface area contributed by atoms with Gasteiger partial charge in [-0.1, -0.05) is 154 Å². The van der Waals surface area contributed by atoms with E-state index in [0.29, 0.717) is 0 Å². The fraction of sp³-hybridized carbons (Fsp3) is 1.00. The van der Waals surface area contributed by atoms with E-state index in [9.17, 15) is 0 Å². The van der Waals surface area contributed by atoms with Crippen LogP contribution in [-0.2, 0) is 33.2 Å². The molecule has 91 heavy (non-hydrogen) atoms. The van der Waals surface area contributed by atoms with Crippen LogP contribution in [0.5, 0.6) is 0 Å². The molecule has 1 saturated heterocycles. The first-order valence-electron chi connectivity index (χ1n) is 39.7. The third kappa shape index (κ3) is 62.9. The standard InChI is InChI=1S/6C12H24O.C11H23NO/c6*1-12(2,3)13-10-6-9-11-7-4-5-8-11;1-11(2,3)13-10-6-9-12-7-4-5-8-12/h6*11H,4-10H2,1-3H3;4-10H2,1-3H3. The van der Waals surface area contributed by atoms with Crippen LogP contribution in [0.25, 0.3) is 0 Å². The van der Waals surface area contributed by atoms with Crippen molar-refractivity contribution < 1.29 is 33.2 Å². The maximum Gasteiger partial charge on any atom is 0.0598 e. The summed E-state index contributed by atoms with van der Waals surface area (Å²) >= 11 is 0. The lowest BCUT2D eigenvalue weighted by molar-refractivity contribution is -0.00662. The van der Waals surface area contributed by atoms with Crippen molar-refractivity contribution in [1.29, 1.82) is 0 Å². The van der Waals surface area contributed by atoms with Crippen LogP contribution >= 0.6 is 0 Å². The Hall–Kier alpha value is -0.320. The molecule has 7 aliphatic rings. The maximum absolute atomic E-state index is 5.69. The highest BCUT2D eigenvalue weighted by Gasteiger charge is 2.22. The molecule has 8 nitrogen and oxygen atoms in total. The van der Waals surface area contributed by atoms with E-state index in [0.717, 1.165) is 81.8 Å². The molecule has 8 heteroatoms. The van der Waals surface area contributed by atoms with E-state index >= 15 is 0 Å². The molecular weight excluding hydrogens is 1120 g/mol. The molecule has 0 aromatic rings. The Balaban J connectivity index is 0.000000531. The highest BCUT2D eigenvalue weighted by Crippen LogP contribution is 2.33. The van der Waals surface area contributed by atoms with E-state index in [1.165, 1.54) is 270 Å². The number of rotatable bonds is 28. The Morgan fingerprint density at radius 3 is 0.495 bits per heavy atom. The van der Waals surface area contributed by atoms with Crippen LogP contribution in [0.4, 0.5) is 0 Å². The van der Waals surface area contributed by atoms with Crippen LogP contribution < -0.4 is 0 Å². The van der Waals surface area contributed by atoms with Crippen LogP contribution in [0, 0.1) is 35.5 Å². The molecular formula is C83H167NO7. The normalized spacial score (nSPS) is 19.6. The predicted molar refractivity (Wildman–Crippen MR) is 397 cm³/mol. The first-order chi connectivity index (χ1) is 42.5. The Kier molecular flexibility index (Phi) is 48.8. The number of hydrogen-bond acceptors (Lipinski definition) is 8. The second-order valence-electron chi connectivity index (χ2n) is 36.4. The molecule has 6 saturated carbocycles. The fourth-order valence-electron chi connectivity index (χ4n) is 14.0. The average Bonchev–Trinajstić information content (AvgIpc) is 4.51. The van der Waals surface area contributed by atoms with Gasteiger partial charge in [-0.05, 0) is 290 Å². The number of nitrogens with zero attached hydrogens (tertiary/aromatic N) is 1. The fourth-order valence-corrected chi connectivity index (χ4v) is 14.0. The largest absolute Gasteiger partial charge is 0.376 e. The quantitative estimate of drug-likeness (QED) is 0.0718. The maximum atomic E-state index is 5.69. The lowest BCUT2D eigenvalue weighted by Gasteiger charge is -2.21. The first-order valence-corrected chi connectivity index (χ1v) is 39.7. The zero-order valence-electron chi connectivity index (χ0n) is 65.9. The minimum Gasteiger partial charge on any atom is -0.376 e. The summed E-state index contributed by atoms with van der Waals surface area (Å²) in [6.07, 6.45) is 54.9. The average molecular weight is 1290 g/mol. The molecule has 0 aromatic carbocycles. The van der Waals surface area contributed by atoms with Gasteiger partial charge < -0.3 is 38.1 Å². The van der Waals surface area contributed by atoms with Crippen molar-refractivity contribution in [2.45, 2.75) is 435 Å². The summed E-state index contributed by atoms with van der Waals surface area (Å²) in [5, 5.41) is 0. The second kappa shape index (κ2) is 50.1.